The summed E-state index contributed by atoms with van der Waals surface area (Å²) in [4.78, 5) is 34.8. The number of hydrogen-bond acceptors (Lipinski definition) is 4. The third-order valence-corrected chi connectivity index (χ3v) is 4.29. The number of benzene rings is 1. The highest BCUT2D eigenvalue weighted by Gasteiger charge is 2.30. The van der Waals surface area contributed by atoms with Crippen LogP contribution < -0.4 is 10.1 Å². The lowest BCUT2D eigenvalue weighted by Gasteiger charge is -2.22. The van der Waals surface area contributed by atoms with Crippen molar-refractivity contribution in [2.75, 3.05) is 6.61 Å². The highest BCUT2D eigenvalue weighted by atomic mass is 16.5. The molecule has 2 atom stereocenters. The van der Waals surface area contributed by atoms with E-state index in [1.165, 1.54) is 6.92 Å². The number of nitrogens with one attached hydrogen (secondary N) is 1. The lowest BCUT2D eigenvalue weighted by atomic mass is 9.95. The van der Waals surface area contributed by atoms with Crippen molar-refractivity contribution in [3.05, 3.63) is 29.8 Å². The molecular formula is C18H23NO5. The highest BCUT2D eigenvalue weighted by molar-refractivity contribution is 5.94. The molecule has 0 saturated heterocycles. The van der Waals surface area contributed by atoms with Crippen molar-refractivity contribution >= 4 is 17.7 Å². The lowest BCUT2D eigenvalue weighted by molar-refractivity contribution is -0.143. The molecule has 1 aliphatic carbocycles. The van der Waals surface area contributed by atoms with Gasteiger partial charge in [0.25, 0.3) is 5.91 Å². The van der Waals surface area contributed by atoms with Gasteiger partial charge in [-0.2, -0.15) is 0 Å². The quantitative estimate of drug-likeness (QED) is 0.616. The number of ketones is 1. The Morgan fingerprint density at radius 2 is 1.96 bits per heavy atom. The maximum Gasteiger partial charge on any atom is 0.308 e. The van der Waals surface area contributed by atoms with E-state index >= 15 is 0 Å². The molecule has 0 unspecified atom stereocenters. The fourth-order valence-electron chi connectivity index (χ4n) is 2.98. The van der Waals surface area contributed by atoms with Gasteiger partial charge >= 0.3 is 5.97 Å². The minimum Gasteiger partial charge on any atom is -0.484 e. The first-order valence-electron chi connectivity index (χ1n) is 8.23. The number of ether oxygens (including phenoxy) is 1. The Morgan fingerprint density at radius 3 is 2.67 bits per heavy atom. The van der Waals surface area contributed by atoms with Crippen LogP contribution in [-0.4, -0.2) is 35.4 Å². The maximum atomic E-state index is 12.1. The summed E-state index contributed by atoms with van der Waals surface area (Å²) in [7, 11) is 0. The van der Waals surface area contributed by atoms with E-state index in [1.54, 1.807) is 24.3 Å². The van der Waals surface area contributed by atoms with Crippen molar-refractivity contribution in [2.45, 2.75) is 45.1 Å². The van der Waals surface area contributed by atoms with Crippen LogP contribution in [0.2, 0.25) is 0 Å². The highest BCUT2D eigenvalue weighted by Crippen LogP contribution is 2.24. The van der Waals surface area contributed by atoms with Crippen LogP contribution in [0.15, 0.2) is 24.3 Å². The van der Waals surface area contributed by atoms with Crippen molar-refractivity contribution in [3.8, 4) is 5.75 Å². The molecule has 2 N–H and O–H groups in total. The van der Waals surface area contributed by atoms with Crippen LogP contribution >= 0.6 is 0 Å². The molecule has 130 valence electrons. The van der Waals surface area contributed by atoms with Gasteiger partial charge < -0.3 is 15.2 Å². The third-order valence-electron chi connectivity index (χ3n) is 4.29. The number of carbonyl (C=O) groups is 3. The predicted molar refractivity (Wildman–Crippen MR) is 88.1 cm³/mol. The Balaban J connectivity index is 1.91. The average molecular weight is 333 g/mol. The molecule has 24 heavy (non-hydrogen) atoms. The molecule has 6 heteroatoms. The molecule has 1 aromatic rings. The molecule has 0 aliphatic heterocycles. The first kappa shape index (κ1) is 18.0. The van der Waals surface area contributed by atoms with Gasteiger partial charge in [-0.1, -0.05) is 31.4 Å². The van der Waals surface area contributed by atoms with Gasteiger partial charge in [0.1, 0.15) is 5.75 Å². The molecular weight excluding hydrogens is 310 g/mol. The standard InChI is InChI=1S/C18H23NO5/c1-12(20)13-6-5-7-14(10-13)24-11-17(21)19-16-9-4-2-3-8-15(16)18(22)23/h5-7,10,15-16H,2-4,8-9,11H2,1H3,(H,19,21)(H,22,23)/t15-,16+/m1/s1. The average Bonchev–Trinajstić information content (AvgIpc) is 2.78. The monoisotopic (exact) mass is 333 g/mol. The zero-order chi connectivity index (χ0) is 17.5. The van der Waals surface area contributed by atoms with Gasteiger partial charge in [0.2, 0.25) is 0 Å². The van der Waals surface area contributed by atoms with E-state index in [0.29, 0.717) is 24.2 Å². The van der Waals surface area contributed by atoms with E-state index in [2.05, 4.69) is 5.32 Å². The molecule has 0 radical (unpaired) electrons. The summed E-state index contributed by atoms with van der Waals surface area (Å²) in [6.07, 6.45) is 4.03. The molecule has 2 rings (SSSR count). The summed E-state index contributed by atoms with van der Waals surface area (Å²) < 4.78 is 5.42. The zero-order valence-electron chi connectivity index (χ0n) is 13.8. The van der Waals surface area contributed by atoms with Crippen LogP contribution in [-0.2, 0) is 9.59 Å². The summed E-state index contributed by atoms with van der Waals surface area (Å²) >= 11 is 0. The van der Waals surface area contributed by atoms with Gasteiger partial charge in [-0.3, -0.25) is 14.4 Å². The molecule has 1 aromatic carbocycles. The Labute approximate surface area is 141 Å². The van der Waals surface area contributed by atoms with E-state index in [9.17, 15) is 19.5 Å². The van der Waals surface area contributed by atoms with Gasteiger partial charge in [0, 0.05) is 11.6 Å². The van der Waals surface area contributed by atoms with Crippen molar-refractivity contribution in [1.29, 1.82) is 0 Å². The Bertz CT molecular complexity index is 613. The molecule has 0 heterocycles. The zero-order valence-corrected chi connectivity index (χ0v) is 13.8. The lowest BCUT2D eigenvalue weighted by Crippen LogP contribution is -2.44. The number of carboxylic acids is 1. The van der Waals surface area contributed by atoms with E-state index in [1.807, 2.05) is 0 Å². The van der Waals surface area contributed by atoms with Gasteiger partial charge in [-0.25, -0.2) is 0 Å². The molecule has 1 aliphatic rings. The second-order valence-electron chi connectivity index (χ2n) is 6.13. The number of hydrogen-bond donors (Lipinski definition) is 2. The fourth-order valence-corrected chi connectivity index (χ4v) is 2.98. The van der Waals surface area contributed by atoms with E-state index in [4.69, 9.17) is 4.74 Å². The molecule has 1 fully saturated rings. The van der Waals surface area contributed by atoms with Crippen molar-refractivity contribution in [2.24, 2.45) is 5.92 Å². The van der Waals surface area contributed by atoms with E-state index in [-0.39, 0.29) is 24.3 Å². The Morgan fingerprint density at radius 1 is 1.21 bits per heavy atom. The maximum absolute atomic E-state index is 12.1. The van der Waals surface area contributed by atoms with Crippen LogP contribution in [0.1, 0.15) is 49.4 Å². The van der Waals surface area contributed by atoms with Crippen molar-refractivity contribution in [3.63, 3.8) is 0 Å². The van der Waals surface area contributed by atoms with E-state index in [0.717, 1.165) is 19.3 Å². The Hall–Kier alpha value is -2.37. The molecule has 6 nitrogen and oxygen atoms in total. The van der Waals surface area contributed by atoms with Crippen LogP contribution in [0.25, 0.3) is 0 Å². The van der Waals surface area contributed by atoms with Gasteiger partial charge in [-0.15, -0.1) is 0 Å². The molecule has 1 saturated carbocycles. The summed E-state index contributed by atoms with van der Waals surface area (Å²) in [5.41, 5.74) is 0.516. The van der Waals surface area contributed by atoms with Gasteiger partial charge in [0.05, 0.1) is 5.92 Å². The van der Waals surface area contributed by atoms with Crippen LogP contribution in [0, 0.1) is 5.92 Å². The predicted octanol–water partition coefficient (Wildman–Crippen LogP) is 2.42. The fraction of sp³-hybridized carbons (Fsp3) is 0.500. The summed E-state index contributed by atoms with van der Waals surface area (Å²) in [5.74, 6) is -1.39. The molecule has 0 spiro atoms. The molecule has 0 bridgehead atoms. The summed E-state index contributed by atoms with van der Waals surface area (Å²) in [5, 5.41) is 12.1. The second-order valence-corrected chi connectivity index (χ2v) is 6.13. The van der Waals surface area contributed by atoms with Crippen LogP contribution in [0.4, 0.5) is 0 Å². The number of carboxylic acid groups (broad SMARTS) is 1. The second kappa shape index (κ2) is 8.47. The van der Waals surface area contributed by atoms with Crippen LogP contribution in [0.5, 0.6) is 5.75 Å². The van der Waals surface area contributed by atoms with Crippen LogP contribution in [0.3, 0.4) is 0 Å². The number of amides is 1. The van der Waals surface area contributed by atoms with Crippen molar-refractivity contribution in [1.82, 2.24) is 5.32 Å². The molecule has 0 aromatic heterocycles. The normalized spacial score (nSPS) is 20.7. The number of rotatable bonds is 6. The van der Waals surface area contributed by atoms with Crippen molar-refractivity contribution < 1.29 is 24.2 Å². The Kier molecular flexibility index (Phi) is 6.35. The first-order valence-corrected chi connectivity index (χ1v) is 8.23. The first-order chi connectivity index (χ1) is 11.5. The topological polar surface area (TPSA) is 92.7 Å². The minimum absolute atomic E-state index is 0.0762. The number of Topliss-reactive ketones (excluding diaryl/α,β-unsaturated/α-hetero) is 1. The summed E-state index contributed by atoms with van der Waals surface area (Å²) in [6, 6.07) is 6.27. The molecule has 1 amide bonds. The third kappa shape index (κ3) is 5.08. The van der Waals surface area contributed by atoms with Gasteiger partial charge in [-0.05, 0) is 31.9 Å². The van der Waals surface area contributed by atoms with E-state index < -0.39 is 11.9 Å². The summed E-state index contributed by atoms with van der Waals surface area (Å²) in [6.45, 7) is 1.26. The van der Waals surface area contributed by atoms with Gasteiger partial charge in [0.15, 0.2) is 12.4 Å². The number of aliphatic carboxylic acids is 1. The minimum atomic E-state index is -0.864. The number of carbonyl (C=O) groups excluding carboxylic acids is 2. The largest absolute Gasteiger partial charge is 0.484 e. The SMILES string of the molecule is CC(=O)c1cccc(OCC(=O)N[C@H]2CCCCC[C@H]2C(=O)O)c1. The smallest absolute Gasteiger partial charge is 0.308 e.